The maximum Gasteiger partial charge on any atom is 0.205 e. The van der Waals surface area contributed by atoms with Crippen molar-refractivity contribution < 1.29 is 0 Å². The Bertz CT molecular complexity index is 1110. The smallest absolute Gasteiger partial charge is 0.205 e. The highest BCUT2D eigenvalue weighted by Crippen LogP contribution is 2.30. The van der Waals surface area contributed by atoms with E-state index in [0.717, 1.165) is 33.6 Å². The molecule has 2 aromatic heterocycles. The predicted molar refractivity (Wildman–Crippen MR) is 100 cm³/mol. The number of nitrogens with one attached hydrogen (secondary N) is 1. The summed E-state index contributed by atoms with van der Waals surface area (Å²) < 4.78 is 2.02. The van der Waals surface area contributed by atoms with Crippen LogP contribution in [-0.4, -0.2) is 25.2 Å². The number of H-pyrrole nitrogens is 1. The van der Waals surface area contributed by atoms with Gasteiger partial charge in [0.15, 0.2) is 5.43 Å². The first-order chi connectivity index (χ1) is 12.6. The first-order valence-electron chi connectivity index (χ1n) is 8.27. The molecule has 0 aliphatic carbocycles. The van der Waals surface area contributed by atoms with Gasteiger partial charge in [0.2, 0.25) is 5.82 Å². The summed E-state index contributed by atoms with van der Waals surface area (Å²) in [5.74, 6) is 0.566. The molecule has 4 aromatic rings. The fourth-order valence-electron chi connectivity index (χ4n) is 3.03. The van der Waals surface area contributed by atoms with Crippen molar-refractivity contribution in [2.24, 2.45) is 0 Å². The summed E-state index contributed by atoms with van der Waals surface area (Å²) in [6, 6.07) is 17.7. The summed E-state index contributed by atoms with van der Waals surface area (Å²) >= 11 is 0. The molecule has 0 saturated carbocycles. The third-order valence-electron chi connectivity index (χ3n) is 4.62. The number of aromatic nitrogens is 5. The van der Waals surface area contributed by atoms with Crippen LogP contribution in [0.5, 0.6) is 0 Å². The molecule has 0 bridgehead atoms. The van der Waals surface area contributed by atoms with Gasteiger partial charge in [0.05, 0.1) is 0 Å². The monoisotopic (exact) mass is 343 g/mol. The third-order valence-corrected chi connectivity index (χ3v) is 4.62. The van der Waals surface area contributed by atoms with Gasteiger partial charge in [-0.05, 0) is 42.3 Å². The Morgan fingerprint density at radius 1 is 0.923 bits per heavy atom. The van der Waals surface area contributed by atoms with E-state index >= 15 is 0 Å². The van der Waals surface area contributed by atoms with Crippen molar-refractivity contribution in [1.82, 2.24) is 25.2 Å². The van der Waals surface area contributed by atoms with Gasteiger partial charge in [-0.15, -0.1) is 10.2 Å². The molecule has 0 saturated heterocycles. The number of rotatable bonds is 3. The molecule has 0 fully saturated rings. The minimum atomic E-state index is 0.0596. The number of hydrogen-bond acceptors (Lipinski definition) is 4. The Morgan fingerprint density at radius 3 is 2.35 bits per heavy atom. The summed E-state index contributed by atoms with van der Waals surface area (Å²) in [5, 5.41) is 14.3. The molecule has 26 heavy (non-hydrogen) atoms. The molecule has 6 heteroatoms. The van der Waals surface area contributed by atoms with E-state index < -0.39 is 0 Å². The Hall–Kier alpha value is -3.54. The largest absolute Gasteiger partial charge is 0.321 e. The van der Waals surface area contributed by atoms with Crippen LogP contribution in [0.15, 0.2) is 65.6 Å². The molecular formula is C20H17N5O. The fourth-order valence-corrected chi connectivity index (χ4v) is 3.03. The van der Waals surface area contributed by atoms with E-state index in [1.807, 2.05) is 61.0 Å². The molecule has 0 spiro atoms. The normalized spacial score (nSPS) is 10.8. The first-order valence-corrected chi connectivity index (χ1v) is 8.27. The van der Waals surface area contributed by atoms with Gasteiger partial charge in [-0.25, -0.2) is 0 Å². The van der Waals surface area contributed by atoms with Crippen LogP contribution in [0.3, 0.4) is 0 Å². The first kappa shape index (κ1) is 16.0. The summed E-state index contributed by atoms with van der Waals surface area (Å²) in [5.41, 5.74) is 5.79. The topological polar surface area (TPSA) is 76.5 Å². The van der Waals surface area contributed by atoms with E-state index in [0.29, 0.717) is 5.82 Å². The number of tetrazole rings is 1. The van der Waals surface area contributed by atoms with Crippen molar-refractivity contribution in [3.05, 3.63) is 82.3 Å². The van der Waals surface area contributed by atoms with E-state index in [2.05, 4.69) is 32.8 Å². The minimum absolute atomic E-state index is 0.0596. The van der Waals surface area contributed by atoms with Gasteiger partial charge >= 0.3 is 0 Å². The highest BCUT2D eigenvalue weighted by molar-refractivity contribution is 5.80. The number of aromatic amines is 1. The number of hydrogen-bond donors (Lipinski definition) is 1. The molecular weight excluding hydrogens is 326 g/mol. The van der Waals surface area contributed by atoms with E-state index in [1.165, 1.54) is 0 Å². The molecule has 1 N–H and O–H groups in total. The standard InChI is InChI=1S/C20H17N5O/c1-13-14(2)25(12-11-19(13)26)16-9-7-15(8-10-16)17-5-3-4-6-18(17)20-21-23-24-22-20/h3-12H,1-2H3,(H,21,22,23,24). The molecule has 2 aromatic carbocycles. The van der Waals surface area contributed by atoms with Crippen LogP contribution in [0.1, 0.15) is 11.3 Å². The van der Waals surface area contributed by atoms with Crippen LogP contribution in [-0.2, 0) is 0 Å². The van der Waals surface area contributed by atoms with Gasteiger partial charge in [0.1, 0.15) is 0 Å². The zero-order valence-electron chi connectivity index (χ0n) is 14.5. The predicted octanol–water partition coefficient (Wildman–Crippen LogP) is 3.30. The fraction of sp³-hybridized carbons (Fsp3) is 0.100. The van der Waals surface area contributed by atoms with E-state index in [1.54, 1.807) is 6.07 Å². The molecule has 0 aliphatic rings. The number of benzene rings is 2. The Kier molecular flexibility index (Phi) is 3.93. The second-order valence-electron chi connectivity index (χ2n) is 6.09. The molecule has 0 atom stereocenters. The van der Waals surface area contributed by atoms with Crippen LogP contribution in [0.25, 0.3) is 28.2 Å². The molecule has 4 rings (SSSR count). The molecule has 0 amide bonds. The zero-order chi connectivity index (χ0) is 18.1. The lowest BCUT2D eigenvalue weighted by atomic mass is 9.99. The van der Waals surface area contributed by atoms with Crippen molar-refractivity contribution in [3.63, 3.8) is 0 Å². The Labute approximate surface area is 150 Å². The number of pyridine rings is 1. The molecule has 6 nitrogen and oxygen atoms in total. The molecule has 128 valence electrons. The Balaban J connectivity index is 1.77. The minimum Gasteiger partial charge on any atom is -0.321 e. The lowest BCUT2D eigenvalue weighted by Crippen LogP contribution is -2.12. The highest BCUT2D eigenvalue weighted by atomic mass is 16.1. The average molecular weight is 343 g/mol. The molecule has 2 heterocycles. The van der Waals surface area contributed by atoms with Crippen molar-refractivity contribution in [3.8, 4) is 28.2 Å². The van der Waals surface area contributed by atoms with Crippen LogP contribution in [0, 0.1) is 13.8 Å². The van der Waals surface area contributed by atoms with Gasteiger partial charge < -0.3 is 4.57 Å². The van der Waals surface area contributed by atoms with E-state index in [-0.39, 0.29) is 5.43 Å². The van der Waals surface area contributed by atoms with Crippen molar-refractivity contribution in [1.29, 1.82) is 0 Å². The van der Waals surface area contributed by atoms with Gasteiger partial charge in [0, 0.05) is 34.8 Å². The van der Waals surface area contributed by atoms with Crippen LogP contribution in [0.4, 0.5) is 0 Å². The van der Waals surface area contributed by atoms with Crippen molar-refractivity contribution in [2.45, 2.75) is 13.8 Å². The second kappa shape index (κ2) is 6.40. The zero-order valence-corrected chi connectivity index (χ0v) is 14.5. The molecule has 0 unspecified atom stereocenters. The molecule has 0 aliphatic heterocycles. The maximum absolute atomic E-state index is 11.8. The van der Waals surface area contributed by atoms with E-state index in [4.69, 9.17) is 0 Å². The lowest BCUT2D eigenvalue weighted by Gasteiger charge is -2.13. The number of nitrogens with zero attached hydrogens (tertiary/aromatic N) is 4. The van der Waals surface area contributed by atoms with Crippen LogP contribution >= 0.6 is 0 Å². The van der Waals surface area contributed by atoms with Gasteiger partial charge in [-0.2, -0.15) is 5.21 Å². The summed E-state index contributed by atoms with van der Waals surface area (Å²) in [6.45, 7) is 3.81. The summed E-state index contributed by atoms with van der Waals surface area (Å²) in [6.07, 6.45) is 1.81. The summed E-state index contributed by atoms with van der Waals surface area (Å²) in [4.78, 5) is 11.8. The van der Waals surface area contributed by atoms with Gasteiger partial charge in [-0.1, -0.05) is 36.4 Å². The molecule has 0 radical (unpaired) electrons. The Morgan fingerprint density at radius 2 is 1.65 bits per heavy atom. The summed E-state index contributed by atoms with van der Waals surface area (Å²) in [7, 11) is 0. The second-order valence-corrected chi connectivity index (χ2v) is 6.09. The van der Waals surface area contributed by atoms with Crippen LogP contribution < -0.4 is 5.43 Å². The van der Waals surface area contributed by atoms with Crippen LogP contribution in [0.2, 0.25) is 0 Å². The van der Waals surface area contributed by atoms with Crippen molar-refractivity contribution in [2.75, 3.05) is 0 Å². The highest BCUT2D eigenvalue weighted by Gasteiger charge is 2.11. The lowest BCUT2D eigenvalue weighted by molar-refractivity contribution is 0.881. The third kappa shape index (κ3) is 2.71. The maximum atomic E-state index is 11.8. The van der Waals surface area contributed by atoms with E-state index in [9.17, 15) is 4.79 Å². The quantitative estimate of drug-likeness (QED) is 0.619. The SMILES string of the molecule is Cc1c(C)n(-c2ccc(-c3ccccc3-c3nn[nH]n3)cc2)ccc1=O. The average Bonchev–Trinajstić information content (AvgIpc) is 3.21. The van der Waals surface area contributed by atoms with Gasteiger partial charge in [-0.3, -0.25) is 4.79 Å². The van der Waals surface area contributed by atoms with Gasteiger partial charge in [0.25, 0.3) is 0 Å². The van der Waals surface area contributed by atoms with Crippen molar-refractivity contribution >= 4 is 0 Å².